The lowest BCUT2D eigenvalue weighted by Gasteiger charge is -2.10. The Balaban J connectivity index is 1.64. The van der Waals surface area contributed by atoms with Crippen LogP contribution in [0.25, 0.3) is 32.2 Å². The molecule has 0 saturated carbocycles. The van der Waals surface area contributed by atoms with E-state index in [1.807, 2.05) is 37.5 Å². The van der Waals surface area contributed by atoms with E-state index < -0.39 is 0 Å². The molecule has 5 rings (SSSR count). The number of amides is 1. The van der Waals surface area contributed by atoms with Gasteiger partial charge in [-0.15, -0.1) is 11.3 Å². The zero-order chi connectivity index (χ0) is 20.1. The van der Waals surface area contributed by atoms with Gasteiger partial charge in [-0.3, -0.25) is 4.79 Å². The number of benzene rings is 1. The molecule has 4 heterocycles. The molecule has 1 aromatic carbocycles. The van der Waals surface area contributed by atoms with Crippen molar-refractivity contribution >= 4 is 43.9 Å². The van der Waals surface area contributed by atoms with E-state index in [2.05, 4.69) is 40.5 Å². The molecule has 3 aromatic heterocycles. The molecular formula is C22H21N5OS. The maximum atomic E-state index is 12.6. The first kappa shape index (κ1) is 18.0. The summed E-state index contributed by atoms with van der Waals surface area (Å²) in [5.74, 6) is 1.11. The Morgan fingerprint density at radius 1 is 1.14 bits per heavy atom. The van der Waals surface area contributed by atoms with Gasteiger partial charge in [0.25, 0.3) is 5.91 Å². The van der Waals surface area contributed by atoms with Crippen molar-refractivity contribution in [2.45, 2.75) is 32.7 Å². The van der Waals surface area contributed by atoms with Gasteiger partial charge in [0.05, 0.1) is 16.9 Å². The van der Waals surface area contributed by atoms with Crippen LogP contribution in [-0.4, -0.2) is 33.4 Å². The van der Waals surface area contributed by atoms with Gasteiger partial charge in [-0.05, 0) is 31.2 Å². The highest BCUT2D eigenvalue weighted by atomic mass is 32.1. The van der Waals surface area contributed by atoms with Gasteiger partial charge in [0.1, 0.15) is 10.7 Å². The van der Waals surface area contributed by atoms with Gasteiger partial charge < -0.3 is 10.6 Å². The molecule has 0 bridgehead atoms. The fraction of sp³-hybridized carbons (Fsp3) is 0.273. The largest absolute Gasteiger partial charge is 0.381 e. The van der Waals surface area contributed by atoms with Crippen LogP contribution in [0.1, 0.15) is 42.2 Å². The lowest BCUT2D eigenvalue weighted by atomic mass is 10.1. The van der Waals surface area contributed by atoms with Crippen LogP contribution >= 0.6 is 11.3 Å². The van der Waals surface area contributed by atoms with Gasteiger partial charge in [-0.2, -0.15) is 0 Å². The molecule has 2 N–H and O–H groups in total. The van der Waals surface area contributed by atoms with Crippen LogP contribution in [0.15, 0.2) is 36.7 Å². The molecule has 6 nitrogen and oxygen atoms in total. The van der Waals surface area contributed by atoms with Crippen LogP contribution in [0.5, 0.6) is 0 Å². The lowest BCUT2D eigenvalue weighted by molar-refractivity contribution is 0.0949. The summed E-state index contributed by atoms with van der Waals surface area (Å²) in [5.41, 5.74) is 3.54. The van der Waals surface area contributed by atoms with Gasteiger partial charge >= 0.3 is 0 Å². The summed E-state index contributed by atoms with van der Waals surface area (Å²) in [4.78, 5) is 27.1. The molecule has 29 heavy (non-hydrogen) atoms. The van der Waals surface area contributed by atoms with Gasteiger partial charge in [0.2, 0.25) is 0 Å². The van der Waals surface area contributed by atoms with Crippen LogP contribution in [0, 0.1) is 0 Å². The van der Waals surface area contributed by atoms with E-state index in [4.69, 9.17) is 4.98 Å². The molecule has 0 radical (unpaired) electrons. The Morgan fingerprint density at radius 2 is 1.93 bits per heavy atom. The second-order valence-electron chi connectivity index (χ2n) is 7.75. The van der Waals surface area contributed by atoms with Crippen LogP contribution < -0.4 is 10.6 Å². The van der Waals surface area contributed by atoms with Crippen molar-refractivity contribution in [3.63, 3.8) is 0 Å². The first-order chi connectivity index (χ1) is 14.0. The molecule has 1 aliphatic heterocycles. The number of thiophene rings is 1. The average molecular weight is 404 g/mol. The summed E-state index contributed by atoms with van der Waals surface area (Å²) in [5, 5.41) is 8.60. The fourth-order valence-electron chi connectivity index (χ4n) is 3.65. The second-order valence-corrected chi connectivity index (χ2v) is 8.80. The van der Waals surface area contributed by atoms with Crippen molar-refractivity contribution in [1.29, 1.82) is 0 Å². The quantitative estimate of drug-likeness (QED) is 0.512. The van der Waals surface area contributed by atoms with Gasteiger partial charge in [-0.25, -0.2) is 15.0 Å². The second kappa shape index (κ2) is 6.77. The Bertz CT molecular complexity index is 1250. The monoisotopic (exact) mass is 403 g/mol. The smallest absolute Gasteiger partial charge is 0.263 e. The standard InChI is InChI=1S/C22H21N5OS/c1-11(2)21-24-9-13(10-25-21)15-5-4-14-16(27-15)6-7-17-18(14)19-20(29-17)22(28)26-12(3)8-23-19/h4-7,9-12,23H,8H2,1-3H3,(H,26,28)/t12-/m1/s1. The highest BCUT2D eigenvalue weighted by Crippen LogP contribution is 2.41. The summed E-state index contributed by atoms with van der Waals surface area (Å²) >= 11 is 1.52. The third-order valence-corrected chi connectivity index (χ3v) is 6.33. The molecule has 1 aliphatic rings. The third kappa shape index (κ3) is 3.02. The summed E-state index contributed by atoms with van der Waals surface area (Å²) in [6.45, 7) is 6.86. The molecule has 0 spiro atoms. The summed E-state index contributed by atoms with van der Waals surface area (Å²) in [6, 6.07) is 8.23. The van der Waals surface area contributed by atoms with Crippen LogP contribution in [0.4, 0.5) is 5.69 Å². The van der Waals surface area contributed by atoms with Gasteiger partial charge in [0.15, 0.2) is 0 Å². The number of fused-ring (bicyclic) bond motifs is 5. The zero-order valence-corrected chi connectivity index (χ0v) is 17.3. The van der Waals surface area contributed by atoms with E-state index in [-0.39, 0.29) is 11.9 Å². The number of pyridine rings is 1. The predicted octanol–water partition coefficient (Wildman–Crippen LogP) is 4.57. The third-order valence-electron chi connectivity index (χ3n) is 5.17. The van der Waals surface area contributed by atoms with Crippen molar-refractivity contribution in [3.05, 3.63) is 47.4 Å². The number of hydrogen-bond acceptors (Lipinski definition) is 6. The van der Waals surface area contributed by atoms with Crippen molar-refractivity contribution in [1.82, 2.24) is 20.3 Å². The molecule has 0 saturated heterocycles. The number of hydrogen-bond donors (Lipinski definition) is 2. The molecule has 1 amide bonds. The molecule has 0 unspecified atom stereocenters. The number of carbonyl (C=O) groups is 1. The minimum atomic E-state index is -0.0150. The lowest BCUT2D eigenvalue weighted by Crippen LogP contribution is -2.34. The molecule has 0 fully saturated rings. The molecule has 4 aromatic rings. The van der Waals surface area contributed by atoms with Crippen LogP contribution in [0.2, 0.25) is 0 Å². The molecular weight excluding hydrogens is 382 g/mol. The molecule has 146 valence electrons. The molecule has 1 atom stereocenters. The van der Waals surface area contributed by atoms with E-state index in [1.54, 1.807) is 0 Å². The predicted molar refractivity (Wildman–Crippen MR) is 118 cm³/mol. The molecule has 0 aliphatic carbocycles. The number of nitrogens with zero attached hydrogens (tertiary/aromatic N) is 3. The maximum absolute atomic E-state index is 12.6. The van der Waals surface area contributed by atoms with E-state index in [1.165, 1.54) is 11.3 Å². The Labute approximate surface area is 172 Å². The summed E-state index contributed by atoms with van der Waals surface area (Å²) < 4.78 is 1.08. The summed E-state index contributed by atoms with van der Waals surface area (Å²) in [7, 11) is 0. The Morgan fingerprint density at radius 3 is 2.69 bits per heavy atom. The van der Waals surface area contributed by atoms with E-state index >= 15 is 0 Å². The minimum absolute atomic E-state index is 0.0150. The number of rotatable bonds is 2. The highest BCUT2D eigenvalue weighted by molar-refractivity contribution is 7.21. The topological polar surface area (TPSA) is 79.8 Å². The maximum Gasteiger partial charge on any atom is 0.263 e. The van der Waals surface area contributed by atoms with Crippen molar-refractivity contribution in [3.8, 4) is 11.3 Å². The fourth-order valence-corrected chi connectivity index (χ4v) is 4.75. The Hall–Kier alpha value is -3.06. The van der Waals surface area contributed by atoms with Crippen LogP contribution in [0.3, 0.4) is 0 Å². The normalized spacial score (nSPS) is 16.6. The van der Waals surface area contributed by atoms with Gasteiger partial charge in [-0.1, -0.05) is 13.8 Å². The number of nitrogens with one attached hydrogen (secondary N) is 2. The van der Waals surface area contributed by atoms with Crippen LogP contribution in [-0.2, 0) is 0 Å². The number of carbonyl (C=O) groups excluding carboxylic acids is 1. The van der Waals surface area contributed by atoms with Crippen molar-refractivity contribution in [2.24, 2.45) is 0 Å². The highest BCUT2D eigenvalue weighted by Gasteiger charge is 2.24. The van der Waals surface area contributed by atoms with Crippen molar-refractivity contribution < 1.29 is 4.79 Å². The van der Waals surface area contributed by atoms with E-state index in [0.29, 0.717) is 12.5 Å². The van der Waals surface area contributed by atoms with Gasteiger partial charge in [0, 0.05) is 51.9 Å². The first-order valence-electron chi connectivity index (χ1n) is 9.74. The average Bonchev–Trinajstić information content (AvgIpc) is 3.04. The zero-order valence-electron chi connectivity index (χ0n) is 16.5. The summed E-state index contributed by atoms with van der Waals surface area (Å²) in [6.07, 6.45) is 3.66. The van der Waals surface area contributed by atoms with Crippen molar-refractivity contribution in [2.75, 3.05) is 11.9 Å². The first-order valence-corrected chi connectivity index (χ1v) is 10.6. The Kier molecular flexibility index (Phi) is 4.20. The number of aromatic nitrogens is 3. The minimum Gasteiger partial charge on any atom is -0.381 e. The molecule has 7 heteroatoms. The SMILES string of the molecule is CC(C)c1ncc(-c2ccc3c(ccc4sc5c(c43)NC[C@@H](C)NC5=O)n2)cn1. The van der Waals surface area contributed by atoms with E-state index in [0.717, 1.165) is 48.6 Å². The number of anilines is 1. The van der Waals surface area contributed by atoms with E-state index in [9.17, 15) is 4.79 Å².